The third kappa shape index (κ3) is 3.81. The van der Waals surface area contributed by atoms with Gasteiger partial charge in [0.1, 0.15) is 11.6 Å². The SMILES string of the molecule is O=C(Cc1ccc(F)cc1)NCc1nnc(-c2ccccc2F)o1. The summed E-state index contributed by atoms with van der Waals surface area (Å²) in [5, 5.41) is 10.2. The summed E-state index contributed by atoms with van der Waals surface area (Å²) in [6.07, 6.45) is 0.106. The van der Waals surface area contributed by atoms with E-state index < -0.39 is 5.82 Å². The van der Waals surface area contributed by atoms with Crippen LogP contribution in [0.2, 0.25) is 0 Å². The molecule has 122 valence electrons. The molecule has 0 unspecified atom stereocenters. The molecule has 2 aromatic carbocycles. The lowest BCUT2D eigenvalue weighted by molar-refractivity contribution is -0.120. The van der Waals surface area contributed by atoms with Gasteiger partial charge in [-0.1, -0.05) is 24.3 Å². The van der Waals surface area contributed by atoms with E-state index in [0.717, 1.165) is 0 Å². The van der Waals surface area contributed by atoms with Crippen molar-refractivity contribution in [3.8, 4) is 11.5 Å². The number of carbonyl (C=O) groups is 1. The van der Waals surface area contributed by atoms with Crippen molar-refractivity contribution in [3.63, 3.8) is 0 Å². The van der Waals surface area contributed by atoms with E-state index in [1.165, 1.54) is 36.4 Å². The van der Waals surface area contributed by atoms with Gasteiger partial charge in [0.25, 0.3) is 5.89 Å². The molecular formula is C17H13F2N3O2. The van der Waals surface area contributed by atoms with Gasteiger partial charge in [-0.25, -0.2) is 8.78 Å². The Balaban J connectivity index is 1.58. The third-order valence-corrected chi connectivity index (χ3v) is 3.29. The number of amides is 1. The minimum absolute atomic E-state index is 0.0292. The van der Waals surface area contributed by atoms with E-state index >= 15 is 0 Å². The van der Waals surface area contributed by atoms with Gasteiger partial charge in [-0.05, 0) is 29.8 Å². The molecule has 0 spiro atoms. The van der Waals surface area contributed by atoms with Crippen LogP contribution in [0.3, 0.4) is 0 Å². The number of carbonyl (C=O) groups excluding carboxylic acids is 1. The van der Waals surface area contributed by atoms with E-state index in [9.17, 15) is 13.6 Å². The molecular weight excluding hydrogens is 316 g/mol. The summed E-state index contributed by atoms with van der Waals surface area (Å²) in [5.74, 6) is -0.873. The Morgan fingerprint density at radius 1 is 1.04 bits per heavy atom. The Kier molecular flexibility index (Phi) is 4.60. The third-order valence-electron chi connectivity index (χ3n) is 3.29. The molecule has 0 radical (unpaired) electrons. The molecule has 1 aromatic heterocycles. The predicted molar refractivity (Wildman–Crippen MR) is 81.6 cm³/mol. The molecule has 1 heterocycles. The fraction of sp³-hybridized carbons (Fsp3) is 0.118. The van der Waals surface area contributed by atoms with Gasteiger partial charge in [0, 0.05) is 0 Å². The van der Waals surface area contributed by atoms with Crippen molar-refractivity contribution in [2.24, 2.45) is 0 Å². The Hall–Kier alpha value is -3.09. The summed E-state index contributed by atoms with van der Waals surface area (Å²) in [6, 6.07) is 11.7. The van der Waals surface area contributed by atoms with Gasteiger partial charge in [-0.3, -0.25) is 4.79 Å². The Bertz CT molecular complexity index is 847. The van der Waals surface area contributed by atoms with E-state index in [1.54, 1.807) is 12.1 Å². The van der Waals surface area contributed by atoms with Crippen LogP contribution in [0.15, 0.2) is 52.9 Å². The van der Waals surface area contributed by atoms with Crippen molar-refractivity contribution in [2.75, 3.05) is 0 Å². The number of benzene rings is 2. The lowest BCUT2D eigenvalue weighted by atomic mass is 10.1. The molecule has 1 amide bonds. The molecule has 0 saturated heterocycles. The lowest BCUT2D eigenvalue weighted by Crippen LogP contribution is -2.24. The minimum Gasteiger partial charge on any atom is -0.419 e. The van der Waals surface area contributed by atoms with Gasteiger partial charge in [0.05, 0.1) is 18.5 Å². The van der Waals surface area contributed by atoms with Crippen LogP contribution in [0.5, 0.6) is 0 Å². The normalized spacial score (nSPS) is 10.6. The average molecular weight is 329 g/mol. The largest absolute Gasteiger partial charge is 0.419 e. The standard InChI is InChI=1S/C17H13F2N3O2/c18-12-7-5-11(6-8-12)9-15(23)20-10-16-21-22-17(24-16)13-3-1-2-4-14(13)19/h1-8H,9-10H2,(H,20,23). The van der Waals surface area contributed by atoms with Crippen molar-refractivity contribution in [1.82, 2.24) is 15.5 Å². The van der Waals surface area contributed by atoms with Crippen LogP contribution >= 0.6 is 0 Å². The first-order chi connectivity index (χ1) is 11.6. The topological polar surface area (TPSA) is 68.0 Å². The van der Waals surface area contributed by atoms with Crippen LogP contribution in [0, 0.1) is 11.6 Å². The highest BCUT2D eigenvalue weighted by Crippen LogP contribution is 2.20. The fourth-order valence-electron chi connectivity index (χ4n) is 2.09. The molecule has 1 N–H and O–H groups in total. The first kappa shape index (κ1) is 15.8. The maximum absolute atomic E-state index is 13.6. The first-order valence-corrected chi connectivity index (χ1v) is 7.20. The zero-order valence-corrected chi connectivity index (χ0v) is 12.5. The molecule has 0 fully saturated rings. The molecule has 0 aliphatic rings. The maximum Gasteiger partial charge on any atom is 0.250 e. The smallest absolute Gasteiger partial charge is 0.250 e. The van der Waals surface area contributed by atoms with Gasteiger partial charge < -0.3 is 9.73 Å². The van der Waals surface area contributed by atoms with Gasteiger partial charge in [0.2, 0.25) is 11.8 Å². The van der Waals surface area contributed by atoms with E-state index in [2.05, 4.69) is 15.5 Å². The summed E-state index contributed by atoms with van der Waals surface area (Å²) >= 11 is 0. The van der Waals surface area contributed by atoms with Gasteiger partial charge >= 0.3 is 0 Å². The molecule has 0 bridgehead atoms. The molecule has 24 heavy (non-hydrogen) atoms. The zero-order valence-electron chi connectivity index (χ0n) is 12.5. The molecule has 7 heteroatoms. The van der Waals surface area contributed by atoms with Crippen LogP contribution in [0.1, 0.15) is 11.5 Å². The monoisotopic (exact) mass is 329 g/mol. The first-order valence-electron chi connectivity index (χ1n) is 7.20. The molecule has 0 aliphatic carbocycles. The van der Waals surface area contributed by atoms with E-state index in [1.807, 2.05) is 0 Å². The number of aromatic nitrogens is 2. The number of halogens is 2. The van der Waals surface area contributed by atoms with Crippen LogP contribution in [0.25, 0.3) is 11.5 Å². The number of nitrogens with zero attached hydrogens (tertiary/aromatic N) is 2. The molecule has 5 nitrogen and oxygen atoms in total. The molecule has 3 aromatic rings. The van der Waals surface area contributed by atoms with Crippen molar-refractivity contribution < 1.29 is 18.0 Å². The van der Waals surface area contributed by atoms with E-state index in [0.29, 0.717) is 5.56 Å². The summed E-state index contributed by atoms with van der Waals surface area (Å²) in [5.41, 5.74) is 0.889. The van der Waals surface area contributed by atoms with Crippen LogP contribution in [0.4, 0.5) is 8.78 Å². The van der Waals surface area contributed by atoms with Crippen LogP contribution in [-0.2, 0) is 17.8 Å². The van der Waals surface area contributed by atoms with E-state index in [4.69, 9.17) is 4.42 Å². The summed E-state index contributed by atoms with van der Waals surface area (Å²) < 4.78 is 31.8. The summed E-state index contributed by atoms with van der Waals surface area (Å²) in [4.78, 5) is 11.8. The Labute approximate surface area is 136 Å². The maximum atomic E-state index is 13.6. The lowest BCUT2D eigenvalue weighted by Gasteiger charge is -2.02. The van der Waals surface area contributed by atoms with Gasteiger partial charge in [-0.15, -0.1) is 10.2 Å². The van der Waals surface area contributed by atoms with Crippen LogP contribution in [-0.4, -0.2) is 16.1 Å². The van der Waals surface area contributed by atoms with E-state index in [-0.39, 0.29) is 42.0 Å². The molecule has 0 atom stereocenters. The second kappa shape index (κ2) is 6.99. The highest BCUT2D eigenvalue weighted by molar-refractivity contribution is 5.78. The zero-order chi connectivity index (χ0) is 16.9. The van der Waals surface area contributed by atoms with Crippen molar-refractivity contribution in [2.45, 2.75) is 13.0 Å². The predicted octanol–water partition coefficient (Wildman–Crippen LogP) is 2.87. The summed E-state index contributed by atoms with van der Waals surface area (Å²) in [7, 11) is 0. The number of hydrogen-bond donors (Lipinski definition) is 1. The minimum atomic E-state index is -0.465. The van der Waals surface area contributed by atoms with Crippen LogP contribution < -0.4 is 5.32 Å². The van der Waals surface area contributed by atoms with Crippen molar-refractivity contribution in [1.29, 1.82) is 0 Å². The average Bonchev–Trinajstić information content (AvgIpc) is 3.04. The molecule has 3 rings (SSSR count). The molecule has 0 aliphatic heterocycles. The van der Waals surface area contributed by atoms with Gasteiger partial charge in [-0.2, -0.15) is 0 Å². The second-order valence-corrected chi connectivity index (χ2v) is 5.06. The highest BCUT2D eigenvalue weighted by Gasteiger charge is 2.13. The number of rotatable bonds is 5. The summed E-state index contributed by atoms with van der Waals surface area (Å²) in [6.45, 7) is 0.0292. The van der Waals surface area contributed by atoms with Gasteiger partial charge in [0.15, 0.2) is 0 Å². The molecule has 0 saturated carbocycles. The van der Waals surface area contributed by atoms with Crippen molar-refractivity contribution in [3.05, 3.63) is 71.6 Å². The quantitative estimate of drug-likeness (QED) is 0.781. The van der Waals surface area contributed by atoms with Crippen molar-refractivity contribution >= 4 is 5.91 Å². The highest BCUT2D eigenvalue weighted by atomic mass is 19.1. The fourth-order valence-corrected chi connectivity index (χ4v) is 2.09. The number of hydrogen-bond acceptors (Lipinski definition) is 4. The second-order valence-electron chi connectivity index (χ2n) is 5.06. The number of nitrogens with one attached hydrogen (secondary N) is 1. The Morgan fingerprint density at radius 3 is 2.54 bits per heavy atom. The Morgan fingerprint density at radius 2 is 1.79 bits per heavy atom.